The van der Waals surface area contributed by atoms with Gasteiger partial charge in [0.15, 0.2) is 5.82 Å². The Morgan fingerprint density at radius 2 is 2.08 bits per heavy atom. The first-order chi connectivity index (χ1) is 12.0. The smallest absolute Gasteiger partial charge is 0.255 e. The largest absolute Gasteiger partial charge is 0.351 e. The van der Waals surface area contributed by atoms with Gasteiger partial charge >= 0.3 is 0 Å². The second-order valence-corrected chi connectivity index (χ2v) is 6.65. The molecule has 0 fully saturated rings. The minimum atomic E-state index is -0.183. The molecule has 0 aliphatic rings. The molecule has 1 aromatic carbocycles. The Bertz CT molecular complexity index is 871. The summed E-state index contributed by atoms with van der Waals surface area (Å²) in [5.41, 5.74) is 2.68. The first-order valence-electron chi connectivity index (χ1n) is 8.13. The minimum absolute atomic E-state index is 0.181. The number of rotatable bonds is 5. The Balaban J connectivity index is 1.77. The summed E-state index contributed by atoms with van der Waals surface area (Å²) in [7, 11) is 0. The molecule has 3 aromatic rings. The zero-order chi connectivity index (χ0) is 17.9. The van der Waals surface area contributed by atoms with Gasteiger partial charge in [-0.15, -0.1) is 0 Å². The summed E-state index contributed by atoms with van der Waals surface area (Å²) in [6.45, 7) is 6.81. The Labute approximate surface area is 146 Å². The fourth-order valence-corrected chi connectivity index (χ4v) is 2.64. The average Bonchev–Trinajstić information content (AvgIpc) is 3.14. The molecule has 1 N–H and O–H groups in total. The fourth-order valence-electron chi connectivity index (χ4n) is 2.64. The molecular formula is C19H21N5O. The molecular weight excluding hydrogens is 314 g/mol. The molecule has 6 heteroatoms. The maximum atomic E-state index is 12.7. The van der Waals surface area contributed by atoms with Crippen molar-refractivity contribution in [3.8, 4) is 5.82 Å². The molecule has 25 heavy (non-hydrogen) atoms. The average molecular weight is 335 g/mol. The monoisotopic (exact) mass is 335 g/mol. The van der Waals surface area contributed by atoms with Crippen molar-refractivity contribution in [2.45, 2.75) is 26.2 Å². The fraction of sp³-hybridized carbons (Fsp3) is 0.263. The molecule has 128 valence electrons. The van der Waals surface area contributed by atoms with Crippen LogP contribution in [0.15, 0.2) is 55.2 Å². The van der Waals surface area contributed by atoms with Crippen molar-refractivity contribution in [2.24, 2.45) is 0 Å². The molecule has 0 aliphatic heterocycles. The van der Waals surface area contributed by atoms with Crippen LogP contribution in [0.3, 0.4) is 0 Å². The van der Waals surface area contributed by atoms with Gasteiger partial charge in [0.1, 0.15) is 12.7 Å². The number of hydrogen-bond donors (Lipinski definition) is 1. The van der Waals surface area contributed by atoms with Crippen LogP contribution in [0.25, 0.3) is 5.82 Å². The highest BCUT2D eigenvalue weighted by Crippen LogP contribution is 2.23. The topological polar surface area (TPSA) is 72.7 Å². The lowest BCUT2D eigenvalue weighted by Gasteiger charge is -2.26. The van der Waals surface area contributed by atoms with Crippen LogP contribution in [0.5, 0.6) is 0 Å². The highest BCUT2D eigenvalue weighted by Gasteiger charge is 2.23. The molecule has 2 aromatic heterocycles. The number of pyridine rings is 1. The van der Waals surface area contributed by atoms with Gasteiger partial charge in [0.25, 0.3) is 5.91 Å². The van der Waals surface area contributed by atoms with Gasteiger partial charge in [-0.3, -0.25) is 4.79 Å². The lowest BCUT2D eigenvalue weighted by Crippen LogP contribution is -2.37. The van der Waals surface area contributed by atoms with E-state index in [0.29, 0.717) is 17.9 Å². The van der Waals surface area contributed by atoms with Crippen molar-refractivity contribution in [3.63, 3.8) is 0 Å². The molecule has 0 radical (unpaired) electrons. The van der Waals surface area contributed by atoms with Gasteiger partial charge in [-0.05, 0) is 24.6 Å². The first-order valence-corrected chi connectivity index (χ1v) is 8.13. The number of benzene rings is 1. The number of carbonyl (C=O) groups excluding carboxylic acids is 1. The number of hydrogen-bond acceptors (Lipinski definition) is 4. The number of aromatic nitrogens is 4. The molecule has 0 saturated carbocycles. The van der Waals surface area contributed by atoms with E-state index in [-0.39, 0.29) is 11.3 Å². The van der Waals surface area contributed by atoms with E-state index in [1.165, 1.54) is 28.5 Å². The van der Waals surface area contributed by atoms with Crippen LogP contribution < -0.4 is 5.32 Å². The summed E-state index contributed by atoms with van der Waals surface area (Å²) in [6.07, 6.45) is 4.57. The van der Waals surface area contributed by atoms with Crippen molar-refractivity contribution in [1.82, 2.24) is 25.1 Å². The zero-order valence-corrected chi connectivity index (χ0v) is 14.6. The molecule has 0 spiro atoms. The lowest BCUT2D eigenvalue weighted by molar-refractivity contribution is 0.0945. The molecule has 0 saturated heterocycles. The third kappa shape index (κ3) is 3.74. The van der Waals surface area contributed by atoms with Crippen LogP contribution >= 0.6 is 0 Å². The van der Waals surface area contributed by atoms with Crippen molar-refractivity contribution in [2.75, 3.05) is 6.54 Å². The predicted octanol–water partition coefficient (Wildman–Crippen LogP) is 2.68. The number of carbonyl (C=O) groups is 1. The van der Waals surface area contributed by atoms with E-state index in [1.807, 2.05) is 6.07 Å². The van der Waals surface area contributed by atoms with Crippen molar-refractivity contribution >= 4 is 5.91 Å². The third-order valence-corrected chi connectivity index (χ3v) is 4.16. The summed E-state index contributed by atoms with van der Waals surface area (Å²) in [4.78, 5) is 20.9. The van der Waals surface area contributed by atoms with E-state index in [1.54, 1.807) is 18.3 Å². The predicted molar refractivity (Wildman–Crippen MR) is 95.7 cm³/mol. The maximum Gasteiger partial charge on any atom is 0.255 e. The Morgan fingerprint density at radius 1 is 1.24 bits per heavy atom. The molecule has 0 atom stereocenters. The molecule has 0 unspecified atom stereocenters. The molecule has 3 rings (SSSR count). The quantitative estimate of drug-likeness (QED) is 0.778. The van der Waals surface area contributed by atoms with E-state index in [2.05, 4.69) is 59.4 Å². The molecule has 6 nitrogen and oxygen atoms in total. The van der Waals surface area contributed by atoms with Crippen LogP contribution in [-0.4, -0.2) is 32.2 Å². The Hall–Kier alpha value is -3.02. The van der Waals surface area contributed by atoms with Gasteiger partial charge in [0, 0.05) is 18.2 Å². The van der Waals surface area contributed by atoms with Crippen LogP contribution in [0.4, 0.5) is 0 Å². The van der Waals surface area contributed by atoms with Crippen molar-refractivity contribution in [1.29, 1.82) is 0 Å². The van der Waals surface area contributed by atoms with Gasteiger partial charge in [-0.1, -0.05) is 43.7 Å². The molecule has 2 heterocycles. The summed E-state index contributed by atoms with van der Waals surface area (Å²) >= 11 is 0. The van der Waals surface area contributed by atoms with Crippen molar-refractivity contribution in [3.05, 3.63) is 71.9 Å². The van der Waals surface area contributed by atoms with Crippen LogP contribution in [-0.2, 0) is 5.41 Å². The van der Waals surface area contributed by atoms with E-state index in [4.69, 9.17) is 0 Å². The van der Waals surface area contributed by atoms with Crippen LogP contribution in [0.2, 0.25) is 0 Å². The summed E-state index contributed by atoms with van der Waals surface area (Å²) in [5.74, 6) is 0.283. The Morgan fingerprint density at radius 3 is 2.80 bits per heavy atom. The number of amides is 1. The summed E-state index contributed by atoms with van der Waals surface area (Å²) < 4.78 is 1.49. The lowest BCUT2D eigenvalue weighted by atomic mass is 9.84. The zero-order valence-electron chi connectivity index (χ0n) is 14.6. The first kappa shape index (κ1) is 16.8. The van der Waals surface area contributed by atoms with E-state index in [9.17, 15) is 4.79 Å². The van der Waals surface area contributed by atoms with E-state index < -0.39 is 0 Å². The normalized spacial score (nSPS) is 11.3. The van der Waals surface area contributed by atoms with Gasteiger partial charge in [0.2, 0.25) is 0 Å². The standard InChI is InChI=1S/C19H21N5O/c1-14-6-4-7-15(10-14)19(2,3)11-22-18(25)16-8-5-9-21-17(16)24-13-20-12-23-24/h4-10,12-13H,11H2,1-3H3,(H,22,25). The van der Waals surface area contributed by atoms with Gasteiger partial charge in [-0.25, -0.2) is 14.6 Å². The van der Waals surface area contributed by atoms with E-state index >= 15 is 0 Å². The molecule has 0 bridgehead atoms. The number of nitrogens with zero attached hydrogens (tertiary/aromatic N) is 4. The maximum absolute atomic E-state index is 12.7. The third-order valence-electron chi connectivity index (χ3n) is 4.16. The highest BCUT2D eigenvalue weighted by atomic mass is 16.1. The van der Waals surface area contributed by atoms with E-state index in [0.717, 1.165) is 0 Å². The molecule has 0 aliphatic carbocycles. The highest BCUT2D eigenvalue weighted by molar-refractivity contribution is 5.97. The number of aryl methyl sites for hydroxylation is 1. The SMILES string of the molecule is Cc1cccc(C(C)(C)CNC(=O)c2cccnc2-n2cncn2)c1. The van der Waals surface area contributed by atoms with Gasteiger partial charge in [0.05, 0.1) is 5.56 Å². The second kappa shape index (κ2) is 6.84. The van der Waals surface area contributed by atoms with Crippen LogP contribution in [0, 0.1) is 6.92 Å². The summed E-state index contributed by atoms with van der Waals surface area (Å²) in [6, 6.07) is 11.8. The number of nitrogens with one attached hydrogen (secondary N) is 1. The van der Waals surface area contributed by atoms with Crippen LogP contribution in [0.1, 0.15) is 35.3 Å². The van der Waals surface area contributed by atoms with Gasteiger partial charge in [-0.2, -0.15) is 5.10 Å². The summed E-state index contributed by atoms with van der Waals surface area (Å²) in [5, 5.41) is 7.08. The second-order valence-electron chi connectivity index (χ2n) is 6.65. The molecule has 1 amide bonds. The Kier molecular flexibility index (Phi) is 4.61. The minimum Gasteiger partial charge on any atom is -0.351 e. The van der Waals surface area contributed by atoms with Crippen molar-refractivity contribution < 1.29 is 4.79 Å². The van der Waals surface area contributed by atoms with Gasteiger partial charge < -0.3 is 5.32 Å².